The maximum absolute atomic E-state index is 13.0. The molecule has 2 rings (SSSR count). The lowest BCUT2D eigenvalue weighted by Crippen LogP contribution is -2.30. The number of aromatic nitrogens is 3. The van der Waals surface area contributed by atoms with Gasteiger partial charge in [0.15, 0.2) is 5.69 Å². The van der Waals surface area contributed by atoms with Gasteiger partial charge in [-0.2, -0.15) is 0 Å². The highest BCUT2D eigenvalue weighted by molar-refractivity contribution is 5.91. The fraction of sp³-hybridized carbons (Fsp3) is 0.727. The van der Waals surface area contributed by atoms with E-state index in [1.807, 2.05) is 13.8 Å². The Hall–Kier alpha value is -1.21. The van der Waals surface area contributed by atoms with Gasteiger partial charge >= 0.3 is 0 Å². The van der Waals surface area contributed by atoms with Crippen LogP contribution in [0.25, 0.3) is 0 Å². The number of halogens is 2. The molecule has 1 aromatic heterocycles. The lowest BCUT2D eigenvalue weighted by Gasteiger charge is -2.08. The van der Waals surface area contributed by atoms with Crippen LogP contribution in [0, 0.1) is 0 Å². The van der Waals surface area contributed by atoms with Gasteiger partial charge in [0.1, 0.15) is 6.17 Å². The van der Waals surface area contributed by atoms with Crippen molar-refractivity contribution in [2.75, 3.05) is 6.54 Å². The lowest BCUT2D eigenvalue weighted by molar-refractivity contribution is 0.0938. The van der Waals surface area contributed by atoms with Crippen LogP contribution >= 0.6 is 12.4 Å². The number of amides is 1. The van der Waals surface area contributed by atoms with E-state index in [2.05, 4.69) is 20.9 Å². The predicted molar refractivity (Wildman–Crippen MR) is 71.2 cm³/mol. The molecule has 8 heteroatoms. The van der Waals surface area contributed by atoms with Gasteiger partial charge in [0.2, 0.25) is 0 Å². The Bertz CT molecular complexity index is 425. The molecule has 2 atom stereocenters. The molecule has 0 spiro atoms. The molecule has 19 heavy (non-hydrogen) atoms. The van der Waals surface area contributed by atoms with Crippen molar-refractivity contribution in [2.24, 2.45) is 0 Å². The summed E-state index contributed by atoms with van der Waals surface area (Å²) in [6.45, 7) is 4.68. The second-order valence-corrected chi connectivity index (χ2v) is 4.89. The minimum Gasteiger partial charge on any atom is -0.348 e. The van der Waals surface area contributed by atoms with Gasteiger partial charge < -0.3 is 10.6 Å². The van der Waals surface area contributed by atoms with E-state index in [4.69, 9.17) is 0 Å². The zero-order chi connectivity index (χ0) is 13.1. The highest BCUT2D eigenvalue weighted by atomic mass is 35.5. The monoisotopic (exact) mass is 291 g/mol. The largest absolute Gasteiger partial charge is 0.348 e. The molecule has 1 aromatic rings. The van der Waals surface area contributed by atoms with Crippen molar-refractivity contribution in [1.82, 2.24) is 25.6 Å². The van der Waals surface area contributed by atoms with Gasteiger partial charge in [-0.3, -0.25) is 9.48 Å². The lowest BCUT2D eigenvalue weighted by atomic mass is 10.2. The number of nitrogens with one attached hydrogen (secondary N) is 2. The molecule has 0 aromatic carbocycles. The van der Waals surface area contributed by atoms with Gasteiger partial charge in [0.25, 0.3) is 5.91 Å². The molecule has 2 N–H and O–H groups in total. The first-order valence-electron chi connectivity index (χ1n) is 6.13. The minimum atomic E-state index is -0.790. The Morgan fingerprint density at radius 2 is 2.42 bits per heavy atom. The first-order chi connectivity index (χ1) is 8.54. The summed E-state index contributed by atoms with van der Waals surface area (Å²) < 4.78 is 14.6. The highest BCUT2D eigenvalue weighted by Gasteiger charge is 2.24. The van der Waals surface area contributed by atoms with Gasteiger partial charge in [0.05, 0.1) is 12.7 Å². The summed E-state index contributed by atoms with van der Waals surface area (Å²) in [5.41, 5.74) is 0.290. The number of hydrogen-bond donors (Lipinski definition) is 2. The molecule has 1 aliphatic rings. The van der Waals surface area contributed by atoms with Crippen molar-refractivity contribution in [1.29, 1.82) is 0 Å². The summed E-state index contributed by atoms with van der Waals surface area (Å²) in [5.74, 6) is -0.237. The molecule has 1 amide bonds. The second-order valence-electron chi connectivity index (χ2n) is 4.89. The van der Waals surface area contributed by atoms with Crippen molar-refractivity contribution in [3.8, 4) is 0 Å². The van der Waals surface area contributed by atoms with E-state index in [0.717, 1.165) is 0 Å². The Kier molecular flexibility index (Phi) is 5.68. The quantitative estimate of drug-likeness (QED) is 0.849. The Morgan fingerprint density at radius 1 is 1.68 bits per heavy atom. The first-order valence-corrected chi connectivity index (χ1v) is 6.13. The number of carbonyl (C=O) groups excluding carboxylic acids is 1. The van der Waals surface area contributed by atoms with Crippen molar-refractivity contribution in [3.05, 3.63) is 11.9 Å². The number of alkyl halides is 1. The third-order valence-corrected chi connectivity index (χ3v) is 2.77. The Balaban J connectivity index is 0.00000180. The van der Waals surface area contributed by atoms with Crippen LogP contribution in [0.15, 0.2) is 6.20 Å². The van der Waals surface area contributed by atoms with Gasteiger partial charge in [0, 0.05) is 18.6 Å². The summed E-state index contributed by atoms with van der Waals surface area (Å²) in [4.78, 5) is 11.7. The van der Waals surface area contributed by atoms with E-state index < -0.39 is 6.17 Å². The van der Waals surface area contributed by atoms with Crippen molar-refractivity contribution in [2.45, 2.75) is 45.1 Å². The van der Waals surface area contributed by atoms with E-state index in [0.29, 0.717) is 25.2 Å². The zero-order valence-electron chi connectivity index (χ0n) is 11.0. The van der Waals surface area contributed by atoms with Crippen LogP contribution in [0.1, 0.15) is 30.8 Å². The molecule has 1 aliphatic heterocycles. The van der Waals surface area contributed by atoms with E-state index >= 15 is 0 Å². The van der Waals surface area contributed by atoms with Crippen LogP contribution in [0.2, 0.25) is 0 Å². The third kappa shape index (κ3) is 4.43. The number of rotatable bonds is 4. The Labute approximate surface area is 117 Å². The molecule has 2 heterocycles. The summed E-state index contributed by atoms with van der Waals surface area (Å²) in [6, 6.07) is 0.120. The van der Waals surface area contributed by atoms with Crippen LogP contribution in [0.5, 0.6) is 0 Å². The Morgan fingerprint density at radius 3 is 3.00 bits per heavy atom. The van der Waals surface area contributed by atoms with Crippen molar-refractivity contribution in [3.63, 3.8) is 0 Å². The topological polar surface area (TPSA) is 71.8 Å². The van der Waals surface area contributed by atoms with Crippen LogP contribution in [0.4, 0.5) is 4.39 Å². The van der Waals surface area contributed by atoms with Gasteiger partial charge in [-0.25, -0.2) is 4.39 Å². The smallest absolute Gasteiger partial charge is 0.273 e. The predicted octanol–water partition coefficient (Wildman–Crippen LogP) is 0.538. The SMILES string of the molecule is CC(C)NC(=O)c1cn(CC2CC(F)CN2)nn1.Cl. The first kappa shape index (κ1) is 15.8. The molecule has 0 saturated carbocycles. The molecule has 1 saturated heterocycles. The molecule has 108 valence electrons. The standard InChI is InChI=1S/C11H18FN5O.ClH/c1-7(2)14-11(18)10-6-17(16-15-10)5-9-3-8(12)4-13-9;/h6-9,13H,3-5H2,1-2H3,(H,14,18);1H. The number of nitrogens with zero attached hydrogens (tertiary/aromatic N) is 3. The van der Waals surface area contributed by atoms with Gasteiger partial charge in [-0.1, -0.05) is 5.21 Å². The van der Waals surface area contributed by atoms with E-state index in [-0.39, 0.29) is 30.4 Å². The third-order valence-electron chi connectivity index (χ3n) is 2.77. The molecule has 1 fully saturated rings. The van der Waals surface area contributed by atoms with Gasteiger partial charge in [-0.05, 0) is 20.3 Å². The second kappa shape index (κ2) is 6.81. The summed E-state index contributed by atoms with van der Waals surface area (Å²) in [6.07, 6.45) is 1.28. The fourth-order valence-corrected chi connectivity index (χ4v) is 1.96. The molecule has 0 bridgehead atoms. The number of carbonyl (C=O) groups is 1. The summed E-state index contributed by atoms with van der Waals surface area (Å²) in [7, 11) is 0. The maximum atomic E-state index is 13.0. The normalized spacial score (nSPS) is 22.3. The molecular formula is C11H19ClFN5O. The van der Waals surface area contributed by atoms with E-state index in [9.17, 15) is 9.18 Å². The van der Waals surface area contributed by atoms with Crippen LogP contribution in [-0.2, 0) is 6.54 Å². The summed E-state index contributed by atoms with van der Waals surface area (Å²) >= 11 is 0. The average molecular weight is 292 g/mol. The van der Waals surface area contributed by atoms with Crippen molar-refractivity contribution < 1.29 is 9.18 Å². The van der Waals surface area contributed by atoms with Gasteiger partial charge in [-0.15, -0.1) is 17.5 Å². The maximum Gasteiger partial charge on any atom is 0.273 e. The van der Waals surface area contributed by atoms with E-state index in [1.165, 1.54) is 0 Å². The number of hydrogen-bond acceptors (Lipinski definition) is 4. The molecular weight excluding hydrogens is 273 g/mol. The molecule has 6 nitrogen and oxygen atoms in total. The molecule has 0 aliphatic carbocycles. The van der Waals surface area contributed by atoms with E-state index in [1.54, 1.807) is 10.9 Å². The van der Waals surface area contributed by atoms with Crippen LogP contribution < -0.4 is 10.6 Å². The van der Waals surface area contributed by atoms with Crippen LogP contribution in [-0.4, -0.2) is 45.7 Å². The van der Waals surface area contributed by atoms with Crippen molar-refractivity contribution >= 4 is 18.3 Å². The minimum absolute atomic E-state index is 0. The zero-order valence-corrected chi connectivity index (χ0v) is 11.8. The average Bonchev–Trinajstić information content (AvgIpc) is 2.87. The summed E-state index contributed by atoms with van der Waals surface area (Å²) in [5, 5.41) is 13.5. The molecule has 0 radical (unpaired) electrons. The fourth-order valence-electron chi connectivity index (χ4n) is 1.96. The highest BCUT2D eigenvalue weighted by Crippen LogP contribution is 2.11. The van der Waals surface area contributed by atoms with Crippen LogP contribution in [0.3, 0.4) is 0 Å². The molecule has 2 unspecified atom stereocenters.